The number of hydrogen-bond donors (Lipinski definition) is 1. The molecule has 0 spiro atoms. The molecule has 1 fully saturated rings. The number of halogens is 1. The summed E-state index contributed by atoms with van der Waals surface area (Å²) in [5.41, 5.74) is 7.94. The maximum Gasteiger partial charge on any atom is 0.335 e. The van der Waals surface area contributed by atoms with Gasteiger partial charge in [-0.3, -0.25) is 14.9 Å². The third kappa shape index (κ3) is 3.84. The first-order valence-corrected chi connectivity index (χ1v) is 11.3. The van der Waals surface area contributed by atoms with Gasteiger partial charge in [-0.2, -0.15) is 0 Å². The van der Waals surface area contributed by atoms with Crippen molar-refractivity contribution < 1.29 is 14.4 Å². The Morgan fingerprint density at radius 2 is 1.56 bits per heavy atom. The molecule has 0 saturated carbocycles. The monoisotopic (exact) mass is 475 g/mol. The Bertz CT molecular complexity index is 1390. The van der Waals surface area contributed by atoms with Gasteiger partial charge in [-0.1, -0.05) is 35.4 Å². The van der Waals surface area contributed by atoms with Gasteiger partial charge in [-0.05, 0) is 88.1 Å². The summed E-state index contributed by atoms with van der Waals surface area (Å²) in [5, 5.41) is 2.71. The number of nitrogens with zero attached hydrogens (tertiary/aromatic N) is 2. The lowest BCUT2D eigenvalue weighted by Gasteiger charge is -2.27. The molecule has 0 aliphatic carbocycles. The molecule has 0 unspecified atom stereocenters. The van der Waals surface area contributed by atoms with Crippen molar-refractivity contribution in [1.82, 2.24) is 9.88 Å². The number of carbonyl (C=O) groups is 3. The van der Waals surface area contributed by atoms with Crippen molar-refractivity contribution in [3.05, 3.63) is 86.2 Å². The second-order valence-electron chi connectivity index (χ2n) is 8.75. The normalized spacial score (nSPS) is 15.3. The van der Waals surface area contributed by atoms with Gasteiger partial charge in [-0.25, -0.2) is 9.69 Å². The lowest BCUT2D eigenvalue weighted by molar-refractivity contribution is -0.122. The summed E-state index contributed by atoms with van der Waals surface area (Å²) in [6.45, 7) is 11.9. The summed E-state index contributed by atoms with van der Waals surface area (Å²) in [7, 11) is 0. The van der Waals surface area contributed by atoms with Crippen LogP contribution in [0.4, 0.5) is 10.5 Å². The average molecular weight is 476 g/mol. The molecule has 3 aromatic rings. The molecule has 4 rings (SSSR count). The molecule has 7 heteroatoms. The first kappa shape index (κ1) is 23.5. The highest BCUT2D eigenvalue weighted by Gasteiger charge is 2.37. The van der Waals surface area contributed by atoms with Crippen LogP contribution >= 0.6 is 11.6 Å². The number of aryl methyl sites for hydroxylation is 4. The van der Waals surface area contributed by atoms with Crippen molar-refractivity contribution in [3.63, 3.8) is 0 Å². The van der Waals surface area contributed by atoms with Gasteiger partial charge >= 0.3 is 6.03 Å². The van der Waals surface area contributed by atoms with Crippen molar-refractivity contribution >= 4 is 41.2 Å². The van der Waals surface area contributed by atoms with Gasteiger partial charge in [0.15, 0.2) is 0 Å². The van der Waals surface area contributed by atoms with Crippen LogP contribution in [-0.4, -0.2) is 22.4 Å². The quantitative estimate of drug-likeness (QED) is 0.393. The molecule has 2 heterocycles. The number of imide groups is 2. The maximum atomic E-state index is 13.4. The largest absolute Gasteiger partial charge is 0.335 e. The zero-order valence-electron chi connectivity index (χ0n) is 20.0. The summed E-state index contributed by atoms with van der Waals surface area (Å²) in [4.78, 5) is 39.6. The zero-order valence-corrected chi connectivity index (χ0v) is 20.8. The number of hydrogen-bond acceptors (Lipinski definition) is 3. The van der Waals surface area contributed by atoms with Gasteiger partial charge in [0.25, 0.3) is 11.8 Å². The molecule has 1 N–H and O–H groups in total. The minimum absolute atomic E-state index is 0.114. The predicted octanol–water partition coefficient (Wildman–Crippen LogP) is 5.65. The minimum Gasteiger partial charge on any atom is -0.317 e. The zero-order chi connectivity index (χ0) is 24.9. The smallest absolute Gasteiger partial charge is 0.317 e. The molecule has 1 aromatic heterocycles. The topological polar surface area (TPSA) is 71.4 Å². The van der Waals surface area contributed by atoms with Gasteiger partial charge in [0.05, 0.1) is 11.4 Å². The number of barbiturate groups is 1. The first-order chi connectivity index (χ1) is 16.0. The van der Waals surface area contributed by atoms with Gasteiger partial charge in [0.1, 0.15) is 5.57 Å². The van der Waals surface area contributed by atoms with Crippen molar-refractivity contribution in [2.45, 2.75) is 41.5 Å². The van der Waals surface area contributed by atoms with Crippen molar-refractivity contribution in [3.8, 4) is 5.69 Å². The van der Waals surface area contributed by atoms with Crippen LogP contribution in [0.15, 0.2) is 42.0 Å². The van der Waals surface area contributed by atoms with Gasteiger partial charge in [0.2, 0.25) is 0 Å². The second kappa shape index (κ2) is 8.61. The molecule has 1 aliphatic heterocycles. The number of nitrogens with one attached hydrogen (secondary N) is 1. The minimum atomic E-state index is -0.797. The maximum absolute atomic E-state index is 13.4. The predicted molar refractivity (Wildman–Crippen MR) is 135 cm³/mol. The molecule has 2 aromatic carbocycles. The van der Waals surface area contributed by atoms with E-state index in [-0.39, 0.29) is 5.57 Å². The molecule has 0 atom stereocenters. The van der Waals surface area contributed by atoms with Crippen LogP contribution in [0.1, 0.15) is 39.2 Å². The number of rotatable bonds is 3. The lowest BCUT2D eigenvalue weighted by Crippen LogP contribution is -2.54. The Balaban J connectivity index is 1.82. The SMILES string of the molecule is Cc1cc(C)c(-n2c(C)cc(/C=C3\C(=O)NC(=O)N(c4cccc(Cl)c4C)C3=O)c2C)c(C)c1. The summed E-state index contributed by atoms with van der Waals surface area (Å²) in [6, 6.07) is 10.4. The Labute approximate surface area is 203 Å². The van der Waals surface area contributed by atoms with Gasteiger partial charge < -0.3 is 4.57 Å². The molecule has 34 heavy (non-hydrogen) atoms. The highest BCUT2D eigenvalue weighted by molar-refractivity contribution is 6.40. The number of aromatic nitrogens is 1. The molecule has 0 bridgehead atoms. The van der Waals surface area contributed by atoms with Crippen LogP contribution in [0.25, 0.3) is 11.8 Å². The molecular formula is C27H26ClN3O3. The Morgan fingerprint density at radius 1 is 0.912 bits per heavy atom. The van der Waals surface area contributed by atoms with Gasteiger partial charge in [-0.15, -0.1) is 0 Å². The first-order valence-electron chi connectivity index (χ1n) is 10.9. The Hall–Kier alpha value is -3.64. The number of urea groups is 1. The molecular weight excluding hydrogens is 450 g/mol. The third-order valence-electron chi connectivity index (χ3n) is 6.21. The molecule has 174 valence electrons. The Morgan fingerprint density at radius 3 is 2.21 bits per heavy atom. The van der Waals surface area contributed by atoms with E-state index in [9.17, 15) is 14.4 Å². The van der Waals surface area contributed by atoms with Crippen LogP contribution in [0.2, 0.25) is 5.02 Å². The molecule has 0 radical (unpaired) electrons. The number of amides is 4. The van der Waals surface area contributed by atoms with Gasteiger partial charge in [0, 0.05) is 16.4 Å². The van der Waals surface area contributed by atoms with Crippen LogP contribution in [0.5, 0.6) is 0 Å². The van der Waals surface area contributed by atoms with Crippen LogP contribution in [-0.2, 0) is 9.59 Å². The van der Waals surface area contributed by atoms with Crippen LogP contribution in [0, 0.1) is 41.5 Å². The van der Waals surface area contributed by atoms with E-state index in [2.05, 4.69) is 42.8 Å². The Kier molecular flexibility index (Phi) is 5.96. The summed E-state index contributed by atoms with van der Waals surface area (Å²) in [5.74, 6) is -1.41. The van der Waals surface area contributed by atoms with E-state index in [4.69, 9.17) is 11.6 Å². The second-order valence-corrected chi connectivity index (χ2v) is 9.16. The van der Waals surface area contributed by atoms with E-state index >= 15 is 0 Å². The molecule has 6 nitrogen and oxygen atoms in total. The van der Waals surface area contributed by atoms with E-state index in [1.165, 1.54) is 5.56 Å². The summed E-state index contributed by atoms with van der Waals surface area (Å²) >= 11 is 6.20. The van der Waals surface area contributed by atoms with Crippen molar-refractivity contribution in [2.75, 3.05) is 4.90 Å². The highest BCUT2D eigenvalue weighted by atomic mass is 35.5. The number of carbonyl (C=O) groups excluding carboxylic acids is 3. The van der Waals surface area contributed by atoms with Crippen molar-refractivity contribution in [2.24, 2.45) is 0 Å². The fraction of sp³-hybridized carbons (Fsp3) is 0.222. The highest BCUT2D eigenvalue weighted by Crippen LogP contribution is 2.31. The average Bonchev–Trinajstić information content (AvgIpc) is 3.01. The molecule has 1 aliphatic rings. The van der Waals surface area contributed by atoms with Crippen LogP contribution < -0.4 is 10.2 Å². The van der Waals surface area contributed by atoms with E-state index in [1.54, 1.807) is 31.2 Å². The number of benzene rings is 2. The van der Waals surface area contributed by atoms with Crippen molar-refractivity contribution in [1.29, 1.82) is 0 Å². The fourth-order valence-electron chi connectivity index (χ4n) is 4.67. The van der Waals surface area contributed by atoms with E-state index in [0.29, 0.717) is 16.3 Å². The molecule has 4 amide bonds. The number of anilines is 1. The van der Waals surface area contributed by atoms with E-state index in [0.717, 1.165) is 38.7 Å². The summed E-state index contributed by atoms with van der Waals surface area (Å²) < 4.78 is 2.13. The molecule has 1 saturated heterocycles. The fourth-order valence-corrected chi connectivity index (χ4v) is 4.84. The summed E-state index contributed by atoms with van der Waals surface area (Å²) in [6.07, 6.45) is 1.55. The van der Waals surface area contributed by atoms with Crippen LogP contribution in [0.3, 0.4) is 0 Å². The third-order valence-corrected chi connectivity index (χ3v) is 6.62. The van der Waals surface area contributed by atoms with E-state index < -0.39 is 17.8 Å². The van der Waals surface area contributed by atoms with E-state index in [1.807, 2.05) is 19.9 Å². The standard InChI is InChI=1S/C27H26ClN3O3/c1-14-10-15(2)24(16(3)11-14)30-17(4)12-20(19(30)6)13-21-25(32)29-27(34)31(26(21)33)23-9-7-8-22(28)18(23)5/h7-13H,1-6H3,(H,29,32,34)/b21-13+. The lowest BCUT2D eigenvalue weighted by atomic mass is 10.0.